The standard InChI is InChI=1S/C14H17FN4O2/c1-14(2,3)13-17-11(18-19-13)12(20)16-8-5-6-10(21-4)9(15)7-8/h5-7H,1-4H3,(H,16,20)(H,17,18,19). The maximum Gasteiger partial charge on any atom is 0.295 e. The van der Waals surface area contributed by atoms with Crippen molar-refractivity contribution < 1.29 is 13.9 Å². The second-order valence-corrected chi connectivity index (χ2v) is 5.56. The van der Waals surface area contributed by atoms with Crippen LogP contribution < -0.4 is 10.1 Å². The summed E-state index contributed by atoms with van der Waals surface area (Å²) in [6.45, 7) is 5.86. The predicted octanol–water partition coefficient (Wildman–Crippen LogP) is 2.50. The lowest BCUT2D eigenvalue weighted by Gasteiger charge is -2.12. The highest BCUT2D eigenvalue weighted by atomic mass is 19.1. The van der Waals surface area contributed by atoms with E-state index >= 15 is 0 Å². The van der Waals surface area contributed by atoms with E-state index in [1.807, 2.05) is 20.8 Å². The zero-order valence-electron chi connectivity index (χ0n) is 12.3. The van der Waals surface area contributed by atoms with Gasteiger partial charge in [0, 0.05) is 17.2 Å². The number of aromatic amines is 1. The molecule has 0 fully saturated rings. The third-order valence-electron chi connectivity index (χ3n) is 2.81. The first-order valence-corrected chi connectivity index (χ1v) is 6.39. The number of hydrogen-bond acceptors (Lipinski definition) is 4. The van der Waals surface area contributed by atoms with Crippen LogP contribution in [0.5, 0.6) is 5.75 Å². The van der Waals surface area contributed by atoms with Gasteiger partial charge in [-0.25, -0.2) is 9.37 Å². The van der Waals surface area contributed by atoms with E-state index in [1.54, 1.807) is 0 Å². The van der Waals surface area contributed by atoms with E-state index in [0.717, 1.165) is 0 Å². The fraction of sp³-hybridized carbons (Fsp3) is 0.357. The topological polar surface area (TPSA) is 79.9 Å². The number of aromatic nitrogens is 3. The van der Waals surface area contributed by atoms with Gasteiger partial charge < -0.3 is 10.1 Å². The summed E-state index contributed by atoms with van der Waals surface area (Å²) in [5.41, 5.74) is 0.0676. The molecule has 2 N–H and O–H groups in total. The first kappa shape index (κ1) is 15.0. The fourth-order valence-corrected chi connectivity index (χ4v) is 1.63. The smallest absolute Gasteiger partial charge is 0.295 e. The van der Waals surface area contributed by atoms with E-state index in [4.69, 9.17) is 4.74 Å². The number of H-pyrrole nitrogens is 1. The number of carbonyl (C=O) groups is 1. The molecule has 0 aliphatic heterocycles. The molecule has 1 heterocycles. The molecule has 112 valence electrons. The first-order chi connectivity index (χ1) is 9.81. The van der Waals surface area contributed by atoms with Crippen molar-refractivity contribution in [2.75, 3.05) is 12.4 Å². The van der Waals surface area contributed by atoms with Crippen molar-refractivity contribution in [3.8, 4) is 5.75 Å². The number of methoxy groups -OCH3 is 1. The van der Waals surface area contributed by atoms with Crippen LogP contribution in [-0.2, 0) is 5.41 Å². The summed E-state index contributed by atoms with van der Waals surface area (Å²) in [6, 6.07) is 4.15. The third kappa shape index (κ3) is 3.36. The number of nitrogens with zero attached hydrogens (tertiary/aromatic N) is 2. The number of hydrogen-bond donors (Lipinski definition) is 2. The lowest BCUT2D eigenvalue weighted by Crippen LogP contribution is -2.16. The Bertz CT molecular complexity index is 661. The minimum absolute atomic E-state index is 0.0103. The van der Waals surface area contributed by atoms with E-state index < -0.39 is 11.7 Å². The number of anilines is 1. The van der Waals surface area contributed by atoms with Crippen LogP contribution in [0.4, 0.5) is 10.1 Å². The largest absolute Gasteiger partial charge is 0.494 e. The maximum absolute atomic E-state index is 13.5. The molecule has 0 radical (unpaired) electrons. The van der Waals surface area contributed by atoms with Crippen molar-refractivity contribution in [3.63, 3.8) is 0 Å². The Morgan fingerprint density at radius 2 is 2.10 bits per heavy atom. The van der Waals surface area contributed by atoms with Crippen molar-refractivity contribution in [2.24, 2.45) is 0 Å². The summed E-state index contributed by atoms with van der Waals surface area (Å²) in [7, 11) is 1.37. The van der Waals surface area contributed by atoms with Crippen molar-refractivity contribution >= 4 is 11.6 Å². The molecule has 0 bridgehead atoms. The van der Waals surface area contributed by atoms with Crippen molar-refractivity contribution in [2.45, 2.75) is 26.2 Å². The van der Waals surface area contributed by atoms with Crippen molar-refractivity contribution in [1.82, 2.24) is 15.2 Å². The van der Waals surface area contributed by atoms with Crippen molar-refractivity contribution in [1.29, 1.82) is 0 Å². The average molecular weight is 292 g/mol. The van der Waals surface area contributed by atoms with Crippen LogP contribution in [0.25, 0.3) is 0 Å². The van der Waals surface area contributed by atoms with Crippen LogP contribution in [0.1, 0.15) is 37.2 Å². The highest BCUT2D eigenvalue weighted by Gasteiger charge is 2.21. The lowest BCUT2D eigenvalue weighted by atomic mass is 9.96. The van der Waals surface area contributed by atoms with Gasteiger partial charge in [-0.2, -0.15) is 0 Å². The summed E-state index contributed by atoms with van der Waals surface area (Å²) < 4.78 is 18.4. The highest BCUT2D eigenvalue weighted by molar-refractivity contribution is 6.01. The zero-order valence-corrected chi connectivity index (χ0v) is 12.3. The van der Waals surface area contributed by atoms with E-state index in [9.17, 15) is 9.18 Å². The van der Waals surface area contributed by atoms with Gasteiger partial charge in [0.05, 0.1) is 7.11 Å². The minimum atomic E-state index is -0.555. The molecule has 7 heteroatoms. The SMILES string of the molecule is COc1ccc(NC(=O)c2n[nH]c(C(C)(C)C)n2)cc1F. The van der Waals surface area contributed by atoms with E-state index in [0.29, 0.717) is 11.5 Å². The molecule has 1 aromatic heterocycles. The summed E-state index contributed by atoms with van der Waals surface area (Å²) in [4.78, 5) is 16.1. The molecule has 0 aliphatic carbocycles. The Kier molecular flexibility index (Phi) is 3.93. The summed E-state index contributed by atoms with van der Waals surface area (Å²) in [5.74, 6) is -0.336. The third-order valence-corrected chi connectivity index (χ3v) is 2.81. The number of amides is 1. The van der Waals surface area contributed by atoms with Gasteiger partial charge in [-0.3, -0.25) is 9.89 Å². The molecule has 2 aromatic rings. The van der Waals surface area contributed by atoms with Crippen LogP contribution in [0.15, 0.2) is 18.2 Å². The second-order valence-electron chi connectivity index (χ2n) is 5.56. The fourth-order valence-electron chi connectivity index (χ4n) is 1.63. The molecular weight excluding hydrogens is 275 g/mol. The molecular formula is C14H17FN4O2. The summed E-state index contributed by atoms with van der Waals surface area (Å²) in [5, 5.41) is 9.13. The maximum atomic E-state index is 13.5. The van der Waals surface area contributed by atoms with Gasteiger partial charge >= 0.3 is 0 Å². The van der Waals surface area contributed by atoms with Gasteiger partial charge in [-0.05, 0) is 12.1 Å². The second kappa shape index (κ2) is 5.51. The number of rotatable bonds is 3. The monoisotopic (exact) mass is 292 g/mol. The number of nitrogens with one attached hydrogen (secondary N) is 2. The van der Waals surface area contributed by atoms with Gasteiger partial charge in [0.15, 0.2) is 11.6 Å². The van der Waals surface area contributed by atoms with Crippen LogP contribution in [0, 0.1) is 5.82 Å². The normalized spacial score (nSPS) is 11.3. The minimum Gasteiger partial charge on any atom is -0.494 e. The Labute approximate surface area is 121 Å². The van der Waals surface area contributed by atoms with E-state index in [1.165, 1.54) is 25.3 Å². The number of ether oxygens (including phenoxy) is 1. The molecule has 1 aromatic carbocycles. The number of carbonyl (C=O) groups excluding carboxylic acids is 1. The van der Waals surface area contributed by atoms with Crippen LogP contribution in [0.2, 0.25) is 0 Å². The van der Waals surface area contributed by atoms with Gasteiger partial charge in [-0.1, -0.05) is 20.8 Å². The molecule has 0 saturated heterocycles. The number of benzene rings is 1. The Morgan fingerprint density at radius 3 is 2.62 bits per heavy atom. The molecule has 6 nitrogen and oxygen atoms in total. The van der Waals surface area contributed by atoms with E-state index in [2.05, 4.69) is 20.5 Å². The molecule has 21 heavy (non-hydrogen) atoms. The Balaban J connectivity index is 2.14. The highest BCUT2D eigenvalue weighted by Crippen LogP contribution is 2.21. The van der Waals surface area contributed by atoms with Gasteiger partial charge in [0.1, 0.15) is 5.82 Å². The molecule has 0 spiro atoms. The molecule has 0 unspecified atom stereocenters. The average Bonchev–Trinajstić information content (AvgIpc) is 2.88. The van der Waals surface area contributed by atoms with Gasteiger partial charge in [0.25, 0.3) is 5.91 Å². The molecule has 2 rings (SSSR count). The first-order valence-electron chi connectivity index (χ1n) is 6.39. The number of halogens is 1. The van der Waals surface area contributed by atoms with Crippen LogP contribution in [0.3, 0.4) is 0 Å². The predicted molar refractivity (Wildman–Crippen MR) is 76.0 cm³/mol. The molecule has 1 amide bonds. The lowest BCUT2D eigenvalue weighted by molar-refractivity contribution is 0.101. The molecule has 0 aliphatic rings. The quantitative estimate of drug-likeness (QED) is 0.911. The van der Waals surface area contributed by atoms with Crippen LogP contribution >= 0.6 is 0 Å². The van der Waals surface area contributed by atoms with E-state index in [-0.39, 0.29) is 17.0 Å². The molecule has 0 atom stereocenters. The molecule has 0 saturated carbocycles. The van der Waals surface area contributed by atoms with Crippen molar-refractivity contribution in [3.05, 3.63) is 35.7 Å². The summed E-state index contributed by atoms with van der Waals surface area (Å²) >= 11 is 0. The van der Waals surface area contributed by atoms with Crippen LogP contribution in [-0.4, -0.2) is 28.2 Å². The Morgan fingerprint density at radius 1 is 1.38 bits per heavy atom. The summed E-state index contributed by atoms with van der Waals surface area (Å²) in [6.07, 6.45) is 0. The zero-order chi connectivity index (χ0) is 15.6. The van der Waals surface area contributed by atoms with Gasteiger partial charge in [-0.15, -0.1) is 5.10 Å². The van der Waals surface area contributed by atoms with Gasteiger partial charge in [0.2, 0.25) is 5.82 Å². The Hall–Kier alpha value is -2.44.